The number of para-hydroxylation sites is 1. The molecule has 1 unspecified atom stereocenters. The zero-order chi connectivity index (χ0) is 15.0. The van der Waals surface area contributed by atoms with E-state index >= 15 is 0 Å². The van der Waals surface area contributed by atoms with Gasteiger partial charge >= 0.3 is 0 Å². The number of benzene rings is 1. The Balaban J connectivity index is 1.78. The predicted octanol–water partition coefficient (Wildman–Crippen LogP) is 1.55. The second kappa shape index (κ2) is 4.92. The zero-order valence-electron chi connectivity index (χ0n) is 11.2. The highest BCUT2D eigenvalue weighted by Crippen LogP contribution is 2.31. The Hall–Kier alpha value is -2.28. The van der Waals surface area contributed by atoms with Crippen LogP contribution in [0.5, 0.6) is 5.75 Å². The summed E-state index contributed by atoms with van der Waals surface area (Å²) >= 11 is 0. The molecule has 1 aliphatic rings. The Morgan fingerprint density at radius 3 is 2.71 bits per heavy atom. The van der Waals surface area contributed by atoms with Crippen LogP contribution in [-0.2, 0) is 9.84 Å². The topological polar surface area (TPSA) is 85.6 Å². The summed E-state index contributed by atoms with van der Waals surface area (Å²) in [5, 5.41) is 2.54. The van der Waals surface area contributed by atoms with Crippen LogP contribution < -0.4 is 10.1 Å². The molecule has 21 heavy (non-hydrogen) atoms. The first-order chi connectivity index (χ1) is 9.95. The smallest absolute Gasteiger partial charge is 0.287 e. The van der Waals surface area contributed by atoms with Gasteiger partial charge in [0.1, 0.15) is 12.4 Å². The minimum absolute atomic E-state index is 0.0418. The van der Waals surface area contributed by atoms with E-state index in [0.29, 0.717) is 6.61 Å². The van der Waals surface area contributed by atoms with Gasteiger partial charge in [-0.25, -0.2) is 8.42 Å². The molecule has 2 heterocycles. The number of hydrogen-bond donors (Lipinski definition) is 1. The average Bonchev–Trinajstić information content (AvgIpc) is 3.05. The summed E-state index contributed by atoms with van der Waals surface area (Å²) in [5.41, 5.74) is 0.890. The van der Waals surface area contributed by atoms with Gasteiger partial charge in [-0.05, 0) is 18.2 Å². The Bertz CT molecular complexity index is 793. The van der Waals surface area contributed by atoms with Crippen LogP contribution in [0.25, 0.3) is 0 Å². The molecule has 110 valence electrons. The van der Waals surface area contributed by atoms with E-state index < -0.39 is 15.7 Å². The summed E-state index contributed by atoms with van der Waals surface area (Å²) in [4.78, 5) is 12.1. The predicted molar refractivity (Wildman–Crippen MR) is 74.0 cm³/mol. The highest BCUT2D eigenvalue weighted by molar-refractivity contribution is 7.90. The molecule has 7 heteroatoms. The normalized spacial score (nSPS) is 17.1. The molecule has 1 aromatic carbocycles. The maximum absolute atomic E-state index is 12.1. The summed E-state index contributed by atoms with van der Waals surface area (Å²) in [5.74, 6) is 0.217. The maximum Gasteiger partial charge on any atom is 0.287 e. The first-order valence-electron chi connectivity index (χ1n) is 6.27. The van der Waals surface area contributed by atoms with Crippen LogP contribution in [0, 0.1) is 0 Å². The van der Waals surface area contributed by atoms with Gasteiger partial charge in [0.2, 0.25) is 14.9 Å². The number of furan rings is 1. The number of amides is 1. The standard InChI is InChI=1S/C14H13NO5S/c1-21(17,18)13-7-6-12(20-13)14(16)15-10-8-19-11-5-3-2-4-9(10)11/h2-7,10H,8H2,1H3,(H,15,16). The van der Waals surface area contributed by atoms with Gasteiger partial charge in [0.05, 0.1) is 6.04 Å². The number of sulfone groups is 1. The van der Waals surface area contributed by atoms with Crippen LogP contribution in [0.4, 0.5) is 0 Å². The van der Waals surface area contributed by atoms with Gasteiger partial charge in [0, 0.05) is 11.8 Å². The fourth-order valence-electron chi connectivity index (χ4n) is 2.15. The first kappa shape index (κ1) is 13.7. The summed E-state index contributed by atoms with van der Waals surface area (Å²) in [7, 11) is -3.46. The highest BCUT2D eigenvalue weighted by atomic mass is 32.2. The monoisotopic (exact) mass is 307 g/mol. The number of carbonyl (C=O) groups excluding carboxylic acids is 1. The van der Waals surface area contributed by atoms with E-state index in [1.807, 2.05) is 24.3 Å². The number of carbonyl (C=O) groups is 1. The summed E-state index contributed by atoms with van der Waals surface area (Å²) in [6.45, 7) is 0.338. The molecule has 2 aromatic rings. The number of rotatable bonds is 3. The van der Waals surface area contributed by atoms with Crippen molar-refractivity contribution >= 4 is 15.7 Å². The Labute approximate surface area is 121 Å². The number of hydrogen-bond acceptors (Lipinski definition) is 5. The molecule has 3 rings (SSSR count). The molecule has 0 bridgehead atoms. The van der Waals surface area contributed by atoms with Crippen molar-refractivity contribution in [3.8, 4) is 5.75 Å². The fraction of sp³-hybridized carbons (Fsp3) is 0.214. The van der Waals surface area contributed by atoms with Crippen molar-refractivity contribution < 1.29 is 22.4 Å². The van der Waals surface area contributed by atoms with Crippen molar-refractivity contribution in [1.82, 2.24) is 5.32 Å². The van der Waals surface area contributed by atoms with Gasteiger partial charge in [0.25, 0.3) is 5.91 Å². The molecule has 0 saturated carbocycles. The molecular formula is C14H13NO5S. The third kappa shape index (κ3) is 2.64. The lowest BCUT2D eigenvalue weighted by Crippen LogP contribution is -2.29. The fourth-order valence-corrected chi connectivity index (χ4v) is 2.71. The van der Waals surface area contributed by atoms with Crippen molar-refractivity contribution in [3.05, 3.63) is 47.7 Å². The molecule has 1 aliphatic heterocycles. The SMILES string of the molecule is CS(=O)(=O)c1ccc(C(=O)NC2COc3ccccc32)o1. The van der Waals surface area contributed by atoms with E-state index in [2.05, 4.69) is 5.32 Å². The van der Waals surface area contributed by atoms with Crippen LogP contribution >= 0.6 is 0 Å². The lowest BCUT2D eigenvalue weighted by atomic mass is 10.1. The molecule has 0 fully saturated rings. The minimum Gasteiger partial charge on any atom is -0.491 e. The summed E-state index contributed by atoms with van der Waals surface area (Å²) < 4.78 is 33.2. The molecule has 0 radical (unpaired) electrons. The average molecular weight is 307 g/mol. The van der Waals surface area contributed by atoms with Crippen LogP contribution in [0.15, 0.2) is 45.9 Å². The number of fused-ring (bicyclic) bond motifs is 1. The number of nitrogens with one attached hydrogen (secondary N) is 1. The lowest BCUT2D eigenvalue weighted by molar-refractivity contribution is 0.0897. The van der Waals surface area contributed by atoms with Gasteiger partial charge in [-0.3, -0.25) is 4.79 Å². The van der Waals surface area contributed by atoms with Crippen LogP contribution in [-0.4, -0.2) is 27.2 Å². The van der Waals surface area contributed by atoms with Crippen molar-refractivity contribution in [2.45, 2.75) is 11.1 Å². The molecular weight excluding hydrogens is 294 g/mol. The second-order valence-corrected chi connectivity index (χ2v) is 6.71. The molecule has 0 saturated heterocycles. The van der Waals surface area contributed by atoms with E-state index in [9.17, 15) is 13.2 Å². The first-order valence-corrected chi connectivity index (χ1v) is 8.17. The molecule has 1 amide bonds. The maximum atomic E-state index is 12.1. The second-order valence-electron chi connectivity index (χ2n) is 4.77. The van der Waals surface area contributed by atoms with E-state index in [4.69, 9.17) is 9.15 Å². The highest BCUT2D eigenvalue weighted by Gasteiger charge is 2.27. The van der Waals surface area contributed by atoms with Crippen molar-refractivity contribution in [3.63, 3.8) is 0 Å². The van der Waals surface area contributed by atoms with E-state index in [1.54, 1.807) is 0 Å². The van der Waals surface area contributed by atoms with Gasteiger partial charge < -0.3 is 14.5 Å². The molecule has 0 spiro atoms. The van der Waals surface area contributed by atoms with Crippen molar-refractivity contribution in [2.75, 3.05) is 12.9 Å². The Kier molecular flexibility index (Phi) is 3.21. The van der Waals surface area contributed by atoms with E-state index in [0.717, 1.165) is 17.6 Å². The van der Waals surface area contributed by atoms with E-state index in [1.165, 1.54) is 12.1 Å². The van der Waals surface area contributed by atoms with Crippen LogP contribution in [0.1, 0.15) is 22.2 Å². The van der Waals surface area contributed by atoms with Gasteiger partial charge in [-0.1, -0.05) is 18.2 Å². The van der Waals surface area contributed by atoms with Gasteiger partial charge in [-0.15, -0.1) is 0 Å². The largest absolute Gasteiger partial charge is 0.491 e. The molecule has 0 aliphatic carbocycles. The molecule has 1 N–H and O–H groups in total. The Morgan fingerprint density at radius 2 is 2.00 bits per heavy atom. The van der Waals surface area contributed by atoms with E-state index in [-0.39, 0.29) is 16.9 Å². The quantitative estimate of drug-likeness (QED) is 0.929. The Morgan fingerprint density at radius 1 is 1.24 bits per heavy atom. The zero-order valence-corrected chi connectivity index (χ0v) is 12.0. The third-order valence-corrected chi connectivity index (χ3v) is 4.13. The molecule has 1 atom stereocenters. The van der Waals surface area contributed by atoms with Crippen LogP contribution in [0.2, 0.25) is 0 Å². The molecule has 1 aromatic heterocycles. The summed E-state index contributed by atoms with van der Waals surface area (Å²) in [6, 6.07) is 9.75. The summed E-state index contributed by atoms with van der Waals surface area (Å²) in [6.07, 6.45) is 1.02. The molecule has 6 nitrogen and oxygen atoms in total. The van der Waals surface area contributed by atoms with Gasteiger partial charge in [-0.2, -0.15) is 0 Å². The minimum atomic E-state index is -3.46. The van der Waals surface area contributed by atoms with Crippen molar-refractivity contribution in [2.24, 2.45) is 0 Å². The van der Waals surface area contributed by atoms with Gasteiger partial charge in [0.15, 0.2) is 5.76 Å². The van der Waals surface area contributed by atoms with Crippen molar-refractivity contribution in [1.29, 1.82) is 0 Å². The van der Waals surface area contributed by atoms with Crippen LogP contribution in [0.3, 0.4) is 0 Å². The lowest BCUT2D eigenvalue weighted by Gasteiger charge is -2.10. The third-order valence-electron chi connectivity index (χ3n) is 3.18. The number of ether oxygens (including phenoxy) is 1.